The molecule has 0 unspecified atom stereocenters. The topological polar surface area (TPSA) is 24.5 Å². The lowest BCUT2D eigenvalue weighted by Crippen LogP contribution is -2.40. The third kappa shape index (κ3) is 3.70. The van der Waals surface area contributed by atoms with Gasteiger partial charge in [0, 0.05) is 26.2 Å². The summed E-state index contributed by atoms with van der Waals surface area (Å²) in [5, 5.41) is 3.20. The van der Waals surface area contributed by atoms with Gasteiger partial charge in [-0.1, -0.05) is 0 Å². The van der Waals surface area contributed by atoms with Gasteiger partial charge in [-0.05, 0) is 13.5 Å². The van der Waals surface area contributed by atoms with E-state index in [0.717, 1.165) is 45.9 Å². The van der Waals surface area contributed by atoms with Crippen molar-refractivity contribution in [3.05, 3.63) is 6.92 Å². The molecular weight excluding hydrogens is 140 g/mol. The van der Waals surface area contributed by atoms with E-state index in [1.165, 1.54) is 0 Å². The first kappa shape index (κ1) is 8.97. The molecular formula is C8H17N2O. The molecule has 0 aromatic carbocycles. The summed E-state index contributed by atoms with van der Waals surface area (Å²) in [4.78, 5) is 2.41. The van der Waals surface area contributed by atoms with Gasteiger partial charge in [0.2, 0.25) is 0 Å². The van der Waals surface area contributed by atoms with Gasteiger partial charge in [0.25, 0.3) is 0 Å². The third-order valence-electron chi connectivity index (χ3n) is 1.89. The number of rotatable bonds is 4. The Morgan fingerprint density at radius 3 is 2.73 bits per heavy atom. The van der Waals surface area contributed by atoms with Crippen LogP contribution in [0.15, 0.2) is 0 Å². The molecule has 0 atom stereocenters. The SMILES string of the molecule is [CH2]CNCCN1CCOCC1. The molecule has 0 amide bonds. The van der Waals surface area contributed by atoms with Crippen LogP contribution in [0.4, 0.5) is 0 Å². The van der Waals surface area contributed by atoms with Gasteiger partial charge < -0.3 is 10.1 Å². The van der Waals surface area contributed by atoms with Crippen LogP contribution < -0.4 is 5.32 Å². The van der Waals surface area contributed by atoms with Crippen LogP contribution in [0.5, 0.6) is 0 Å². The van der Waals surface area contributed by atoms with Crippen LogP contribution in [-0.2, 0) is 4.74 Å². The quantitative estimate of drug-likeness (QED) is 0.569. The van der Waals surface area contributed by atoms with E-state index in [2.05, 4.69) is 17.1 Å². The molecule has 1 aliphatic rings. The molecule has 0 spiro atoms. The maximum atomic E-state index is 5.23. The van der Waals surface area contributed by atoms with E-state index in [-0.39, 0.29) is 0 Å². The van der Waals surface area contributed by atoms with Crippen molar-refractivity contribution in [2.75, 3.05) is 45.9 Å². The highest BCUT2D eigenvalue weighted by molar-refractivity contribution is 4.62. The van der Waals surface area contributed by atoms with Gasteiger partial charge in [0.05, 0.1) is 13.2 Å². The van der Waals surface area contributed by atoms with Gasteiger partial charge >= 0.3 is 0 Å². The summed E-state index contributed by atoms with van der Waals surface area (Å²) in [6, 6.07) is 0. The number of ether oxygens (including phenoxy) is 1. The molecule has 0 aromatic rings. The number of nitrogens with zero attached hydrogens (tertiary/aromatic N) is 1. The second kappa shape index (κ2) is 5.52. The summed E-state index contributed by atoms with van der Waals surface area (Å²) in [5.74, 6) is 0. The van der Waals surface area contributed by atoms with Crippen LogP contribution in [0, 0.1) is 6.92 Å². The predicted molar refractivity (Wildman–Crippen MR) is 45.5 cm³/mol. The van der Waals surface area contributed by atoms with Gasteiger partial charge in [0.1, 0.15) is 0 Å². The molecule has 1 heterocycles. The average Bonchev–Trinajstić information content (AvgIpc) is 2.07. The van der Waals surface area contributed by atoms with Crippen molar-refractivity contribution in [1.29, 1.82) is 0 Å². The zero-order chi connectivity index (χ0) is 7.94. The molecule has 1 rings (SSSR count). The summed E-state index contributed by atoms with van der Waals surface area (Å²) in [5.41, 5.74) is 0. The van der Waals surface area contributed by atoms with Crippen LogP contribution >= 0.6 is 0 Å². The molecule has 1 N–H and O–H groups in total. The lowest BCUT2D eigenvalue weighted by molar-refractivity contribution is 0.0385. The fourth-order valence-corrected chi connectivity index (χ4v) is 1.19. The average molecular weight is 157 g/mol. The first-order chi connectivity index (χ1) is 5.43. The van der Waals surface area contributed by atoms with Crippen molar-refractivity contribution in [3.8, 4) is 0 Å². The van der Waals surface area contributed by atoms with E-state index in [4.69, 9.17) is 4.74 Å². The fourth-order valence-electron chi connectivity index (χ4n) is 1.19. The van der Waals surface area contributed by atoms with Gasteiger partial charge in [0.15, 0.2) is 0 Å². The van der Waals surface area contributed by atoms with Crippen LogP contribution in [-0.4, -0.2) is 50.8 Å². The summed E-state index contributed by atoms with van der Waals surface area (Å²) < 4.78 is 5.23. The van der Waals surface area contributed by atoms with Crippen LogP contribution in [0.25, 0.3) is 0 Å². The number of hydrogen-bond acceptors (Lipinski definition) is 3. The zero-order valence-electron chi connectivity index (χ0n) is 7.01. The van der Waals surface area contributed by atoms with Crippen molar-refractivity contribution < 1.29 is 4.74 Å². The summed E-state index contributed by atoms with van der Waals surface area (Å²) >= 11 is 0. The summed E-state index contributed by atoms with van der Waals surface area (Å²) in [7, 11) is 0. The van der Waals surface area contributed by atoms with Crippen molar-refractivity contribution in [2.45, 2.75) is 0 Å². The molecule has 0 bridgehead atoms. The van der Waals surface area contributed by atoms with Gasteiger partial charge in [-0.2, -0.15) is 0 Å². The third-order valence-corrected chi connectivity index (χ3v) is 1.89. The second-order valence-electron chi connectivity index (χ2n) is 2.70. The molecule has 0 saturated carbocycles. The highest BCUT2D eigenvalue weighted by atomic mass is 16.5. The van der Waals surface area contributed by atoms with Crippen molar-refractivity contribution in [3.63, 3.8) is 0 Å². The Bertz CT molecular complexity index is 92.1. The number of hydrogen-bond donors (Lipinski definition) is 1. The Morgan fingerprint density at radius 1 is 1.36 bits per heavy atom. The Balaban J connectivity index is 1.96. The van der Waals surface area contributed by atoms with Crippen LogP contribution in [0.3, 0.4) is 0 Å². The minimum Gasteiger partial charge on any atom is -0.379 e. The maximum absolute atomic E-state index is 5.23. The Labute approximate surface area is 68.7 Å². The maximum Gasteiger partial charge on any atom is 0.0594 e. The van der Waals surface area contributed by atoms with Crippen molar-refractivity contribution >= 4 is 0 Å². The van der Waals surface area contributed by atoms with Crippen molar-refractivity contribution in [2.24, 2.45) is 0 Å². The smallest absolute Gasteiger partial charge is 0.0594 e. The lowest BCUT2D eigenvalue weighted by atomic mass is 10.4. The molecule has 3 heteroatoms. The van der Waals surface area contributed by atoms with Crippen molar-refractivity contribution in [1.82, 2.24) is 10.2 Å². The Kier molecular flexibility index (Phi) is 4.50. The zero-order valence-corrected chi connectivity index (χ0v) is 7.01. The molecule has 65 valence electrons. The highest BCUT2D eigenvalue weighted by Gasteiger charge is 2.08. The highest BCUT2D eigenvalue weighted by Crippen LogP contribution is 1.94. The molecule has 1 fully saturated rings. The van der Waals surface area contributed by atoms with Gasteiger partial charge in [-0.25, -0.2) is 0 Å². The summed E-state index contributed by atoms with van der Waals surface area (Å²) in [6.45, 7) is 10.7. The second-order valence-corrected chi connectivity index (χ2v) is 2.70. The fraction of sp³-hybridized carbons (Fsp3) is 0.875. The Morgan fingerprint density at radius 2 is 2.09 bits per heavy atom. The van der Waals surface area contributed by atoms with Crippen LogP contribution in [0.2, 0.25) is 0 Å². The van der Waals surface area contributed by atoms with Crippen LogP contribution in [0.1, 0.15) is 0 Å². The van der Waals surface area contributed by atoms with E-state index in [1.54, 1.807) is 0 Å². The minimum absolute atomic E-state index is 0.824. The normalized spacial score (nSPS) is 20.5. The number of nitrogens with one attached hydrogen (secondary N) is 1. The lowest BCUT2D eigenvalue weighted by Gasteiger charge is -2.26. The predicted octanol–water partition coefficient (Wildman–Crippen LogP) is -0.258. The number of morpholine rings is 1. The van der Waals surface area contributed by atoms with E-state index >= 15 is 0 Å². The first-order valence-corrected chi connectivity index (χ1v) is 4.23. The molecule has 11 heavy (non-hydrogen) atoms. The van der Waals surface area contributed by atoms with Gasteiger partial charge in [-0.15, -0.1) is 0 Å². The minimum atomic E-state index is 0.824. The Hall–Kier alpha value is -0.120. The molecule has 1 aliphatic heterocycles. The molecule has 1 saturated heterocycles. The molecule has 0 aliphatic carbocycles. The van der Waals surface area contributed by atoms with E-state index in [9.17, 15) is 0 Å². The van der Waals surface area contributed by atoms with E-state index in [1.807, 2.05) is 0 Å². The van der Waals surface area contributed by atoms with E-state index in [0.29, 0.717) is 0 Å². The monoisotopic (exact) mass is 157 g/mol. The summed E-state index contributed by atoms with van der Waals surface area (Å²) in [6.07, 6.45) is 0. The first-order valence-electron chi connectivity index (χ1n) is 4.23. The molecule has 3 nitrogen and oxygen atoms in total. The van der Waals surface area contributed by atoms with E-state index < -0.39 is 0 Å². The molecule has 1 radical (unpaired) electrons. The van der Waals surface area contributed by atoms with Gasteiger partial charge in [-0.3, -0.25) is 4.90 Å². The molecule has 0 aromatic heterocycles. The largest absolute Gasteiger partial charge is 0.379 e. The standard InChI is InChI=1S/C8H17N2O/c1-2-9-3-4-10-5-7-11-8-6-10/h9H,1-8H2.